The third kappa shape index (κ3) is 6.18. The molecule has 1 aliphatic heterocycles. The summed E-state index contributed by atoms with van der Waals surface area (Å²) < 4.78 is 104. The fourth-order valence-electron chi connectivity index (χ4n) is 3.68. The summed E-state index contributed by atoms with van der Waals surface area (Å²) in [4.78, 5) is 17.7. The molecule has 0 saturated carbocycles. The van der Waals surface area contributed by atoms with E-state index in [-0.39, 0.29) is 36.0 Å². The lowest BCUT2D eigenvalue weighted by molar-refractivity contribution is -0.137. The molecule has 3 aromatic rings. The summed E-state index contributed by atoms with van der Waals surface area (Å²) in [7, 11) is -1.70. The van der Waals surface area contributed by atoms with Crippen molar-refractivity contribution in [3.8, 4) is 17.4 Å². The van der Waals surface area contributed by atoms with Gasteiger partial charge >= 0.3 is 11.9 Å². The van der Waals surface area contributed by atoms with Gasteiger partial charge in [-0.1, -0.05) is 11.6 Å². The largest absolute Gasteiger partial charge is 0.473 e. The van der Waals surface area contributed by atoms with Gasteiger partial charge in [-0.25, -0.2) is 22.0 Å². The number of ether oxygens (including phenoxy) is 2. The Hall–Kier alpha value is -3.39. The van der Waals surface area contributed by atoms with Gasteiger partial charge in [0.1, 0.15) is 18.2 Å². The Morgan fingerprint density at radius 1 is 1.05 bits per heavy atom. The molecule has 0 N–H and O–H groups in total. The fourth-order valence-corrected chi connectivity index (χ4v) is 5.11. The van der Waals surface area contributed by atoms with Gasteiger partial charge < -0.3 is 14.4 Å². The lowest BCUT2D eigenvalue weighted by Gasteiger charge is -2.29. The predicted molar refractivity (Wildman–Crippen MR) is 128 cm³/mol. The molecular formula is C23H19ClF5N3O5S. The minimum absolute atomic E-state index is 0.0208. The molecule has 204 valence electrons. The molecule has 1 aromatic heterocycles. The summed E-state index contributed by atoms with van der Waals surface area (Å²) in [5.41, 5.74) is -1.93. The highest BCUT2D eigenvalue weighted by Gasteiger charge is 2.34. The zero-order chi connectivity index (χ0) is 27.8. The van der Waals surface area contributed by atoms with Crippen molar-refractivity contribution >= 4 is 27.3 Å². The molecule has 0 amide bonds. The highest BCUT2D eigenvalue weighted by molar-refractivity contribution is 7.91. The SMILES string of the molecule is Cn1c(N2CCS(=O)(=O)CC2)cc(OCc2cc(F)c(Oc3ccc(Cl)c(C(F)(F)F)c3)c(F)c2)nc1=O. The molecular weight excluding hydrogens is 561 g/mol. The van der Waals surface area contributed by atoms with E-state index >= 15 is 0 Å². The molecule has 1 saturated heterocycles. The molecule has 2 heterocycles. The zero-order valence-corrected chi connectivity index (χ0v) is 21.1. The number of anilines is 1. The van der Waals surface area contributed by atoms with E-state index in [1.54, 1.807) is 4.90 Å². The maximum Gasteiger partial charge on any atom is 0.417 e. The van der Waals surface area contributed by atoms with Crippen molar-refractivity contribution in [2.75, 3.05) is 29.5 Å². The van der Waals surface area contributed by atoms with Crippen LogP contribution in [-0.2, 0) is 29.7 Å². The molecule has 0 bridgehead atoms. The second-order valence-corrected chi connectivity index (χ2v) is 11.1. The van der Waals surface area contributed by atoms with Crippen LogP contribution in [0.5, 0.6) is 17.4 Å². The Labute approximate surface area is 218 Å². The number of halogens is 6. The average molecular weight is 580 g/mol. The van der Waals surface area contributed by atoms with Crippen LogP contribution in [0.1, 0.15) is 11.1 Å². The highest BCUT2D eigenvalue weighted by atomic mass is 35.5. The van der Waals surface area contributed by atoms with Crippen LogP contribution in [-0.4, -0.2) is 42.6 Å². The minimum Gasteiger partial charge on any atom is -0.473 e. The first-order valence-corrected chi connectivity index (χ1v) is 13.1. The first-order chi connectivity index (χ1) is 17.7. The Morgan fingerprint density at radius 3 is 2.29 bits per heavy atom. The van der Waals surface area contributed by atoms with E-state index in [4.69, 9.17) is 21.1 Å². The van der Waals surface area contributed by atoms with Crippen molar-refractivity contribution in [1.29, 1.82) is 0 Å². The minimum atomic E-state index is -4.80. The fraction of sp³-hybridized carbons (Fsp3) is 0.304. The number of hydrogen-bond acceptors (Lipinski definition) is 7. The van der Waals surface area contributed by atoms with Gasteiger partial charge in [0.15, 0.2) is 27.2 Å². The molecule has 0 aliphatic carbocycles. The van der Waals surface area contributed by atoms with Crippen molar-refractivity contribution in [1.82, 2.24) is 9.55 Å². The zero-order valence-electron chi connectivity index (χ0n) is 19.6. The Morgan fingerprint density at radius 2 is 1.68 bits per heavy atom. The molecule has 15 heteroatoms. The van der Waals surface area contributed by atoms with E-state index in [2.05, 4.69) is 4.98 Å². The van der Waals surface area contributed by atoms with Crippen LogP contribution >= 0.6 is 11.6 Å². The second kappa shape index (κ2) is 10.4. The number of aromatic nitrogens is 2. The third-order valence-electron chi connectivity index (χ3n) is 5.67. The Kier molecular flexibility index (Phi) is 7.57. The summed E-state index contributed by atoms with van der Waals surface area (Å²) in [5.74, 6) is -3.79. The summed E-state index contributed by atoms with van der Waals surface area (Å²) in [5, 5.41) is -0.601. The number of benzene rings is 2. The van der Waals surface area contributed by atoms with Gasteiger partial charge in [0.2, 0.25) is 5.88 Å². The maximum absolute atomic E-state index is 14.6. The quantitative estimate of drug-likeness (QED) is 0.401. The molecule has 0 radical (unpaired) electrons. The van der Waals surface area contributed by atoms with Crippen LogP contribution in [0.2, 0.25) is 5.02 Å². The maximum atomic E-state index is 14.6. The topological polar surface area (TPSA) is 90.7 Å². The van der Waals surface area contributed by atoms with E-state index in [0.29, 0.717) is 11.9 Å². The van der Waals surface area contributed by atoms with Crippen molar-refractivity contribution in [2.45, 2.75) is 12.8 Å². The molecule has 38 heavy (non-hydrogen) atoms. The summed E-state index contributed by atoms with van der Waals surface area (Å²) in [6.45, 7) is -0.0919. The first-order valence-electron chi connectivity index (χ1n) is 10.9. The van der Waals surface area contributed by atoms with Gasteiger partial charge in [0, 0.05) is 26.2 Å². The monoisotopic (exact) mass is 579 g/mol. The molecule has 2 aromatic carbocycles. The second-order valence-electron chi connectivity index (χ2n) is 8.35. The van der Waals surface area contributed by atoms with E-state index in [1.165, 1.54) is 17.7 Å². The van der Waals surface area contributed by atoms with Gasteiger partial charge in [0.25, 0.3) is 0 Å². The molecule has 0 spiro atoms. The van der Waals surface area contributed by atoms with Crippen LogP contribution in [0.25, 0.3) is 0 Å². The predicted octanol–water partition coefficient (Wildman–Crippen LogP) is 4.34. The Bertz CT molecular complexity index is 1510. The standard InChI is InChI=1S/C23H19ClF5N3O5S/c1-31-20(32-4-6-38(34,35)7-5-32)11-19(30-22(31)33)36-12-13-8-17(25)21(18(26)9-13)37-14-2-3-16(24)15(10-14)23(27,28)29/h2-3,8-11H,4-7,12H2,1H3. The molecule has 1 aliphatic rings. The normalized spacial score (nSPS) is 15.4. The van der Waals surface area contributed by atoms with Crippen LogP contribution in [0, 0.1) is 11.6 Å². The number of rotatable bonds is 6. The van der Waals surface area contributed by atoms with E-state index < -0.39 is 62.0 Å². The van der Waals surface area contributed by atoms with Crippen LogP contribution < -0.4 is 20.1 Å². The molecule has 1 fully saturated rings. The third-order valence-corrected chi connectivity index (χ3v) is 7.60. The summed E-state index contributed by atoms with van der Waals surface area (Å²) in [6.07, 6.45) is -4.80. The van der Waals surface area contributed by atoms with Crippen LogP contribution in [0.4, 0.5) is 27.8 Å². The van der Waals surface area contributed by atoms with Crippen LogP contribution in [0.15, 0.2) is 41.2 Å². The average Bonchev–Trinajstić information content (AvgIpc) is 2.82. The van der Waals surface area contributed by atoms with E-state index in [1.807, 2.05) is 0 Å². The number of sulfone groups is 1. The number of alkyl halides is 3. The van der Waals surface area contributed by atoms with Gasteiger partial charge in [-0.15, -0.1) is 0 Å². The lowest BCUT2D eigenvalue weighted by Crippen LogP contribution is -2.42. The number of hydrogen-bond donors (Lipinski definition) is 0. The highest BCUT2D eigenvalue weighted by Crippen LogP contribution is 2.38. The van der Waals surface area contributed by atoms with Gasteiger partial charge in [-0.3, -0.25) is 4.57 Å². The molecule has 0 unspecified atom stereocenters. The lowest BCUT2D eigenvalue weighted by atomic mass is 10.2. The van der Waals surface area contributed by atoms with Gasteiger partial charge in [0.05, 0.1) is 22.1 Å². The van der Waals surface area contributed by atoms with Gasteiger partial charge in [-0.05, 0) is 35.9 Å². The summed E-state index contributed by atoms with van der Waals surface area (Å²) in [6, 6.07) is 5.57. The smallest absolute Gasteiger partial charge is 0.417 e. The van der Waals surface area contributed by atoms with E-state index in [0.717, 1.165) is 24.3 Å². The van der Waals surface area contributed by atoms with Crippen molar-refractivity contribution in [3.63, 3.8) is 0 Å². The molecule has 0 atom stereocenters. The molecule has 8 nitrogen and oxygen atoms in total. The van der Waals surface area contributed by atoms with Crippen molar-refractivity contribution < 1.29 is 39.8 Å². The Balaban J connectivity index is 1.51. The number of nitrogens with zero attached hydrogens (tertiary/aromatic N) is 3. The summed E-state index contributed by atoms with van der Waals surface area (Å²) >= 11 is 5.55. The molecule has 4 rings (SSSR count). The van der Waals surface area contributed by atoms with Crippen LogP contribution in [0.3, 0.4) is 0 Å². The van der Waals surface area contributed by atoms with Crippen molar-refractivity contribution in [3.05, 3.63) is 74.7 Å². The van der Waals surface area contributed by atoms with Gasteiger partial charge in [-0.2, -0.15) is 18.2 Å². The van der Waals surface area contributed by atoms with Crippen molar-refractivity contribution in [2.24, 2.45) is 7.05 Å². The van der Waals surface area contributed by atoms with E-state index in [9.17, 15) is 35.2 Å². The first kappa shape index (κ1) is 27.6.